The molecule has 3 N–H and O–H groups in total. The predicted octanol–water partition coefficient (Wildman–Crippen LogP) is 3.35. The van der Waals surface area contributed by atoms with Crippen molar-refractivity contribution in [1.82, 2.24) is 15.5 Å². The van der Waals surface area contributed by atoms with Gasteiger partial charge in [0.1, 0.15) is 6.04 Å². The van der Waals surface area contributed by atoms with E-state index in [2.05, 4.69) is 43.6 Å². The third kappa shape index (κ3) is 12.9. The zero-order chi connectivity index (χ0) is 27.8. The van der Waals surface area contributed by atoms with Crippen molar-refractivity contribution >= 4 is 35.2 Å². The Bertz CT molecular complexity index is 922. The number of amides is 5. The highest BCUT2D eigenvalue weighted by atomic mass is 16.2. The first-order valence-corrected chi connectivity index (χ1v) is 13.1. The van der Waals surface area contributed by atoms with Crippen LogP contribution in [0.5, 0.6) is 0 Å². The highest BCUT2D eigenvalue weighted by Gasteiger charge is 2.22. The van der Waals surface area contributed by atoms with Gasteiger partial charge in [0.2, 0.25) is 17.7 Å². The lowest BCUT2D eigenvalue weighted by Crippen LogP contribution is -2.45. The van der Waals surface area contributed by atoms with Crippen LogP contribution in [-0.4, -0.2) is 53.6 Å². The van der Waals surface area contributed by atoms with E-state index in [4.69, 9.17) is 0 Å². The summed E-state index contributed by atoms with van der Waals surface area (Å²) in [5.41, 5.74) is 1.85. The standard InChI is InChI=1S/C25H34N4O5.C3H8/c1-17(2)15-19-8-10-20(11-9-19)28-25(34)18(3)27-22(31)16-26-21(30)7-5-4-6-14-29-23(32)12-13-24(29)33;1-3-2/h8-13,17-18H,4-7,14-16H2,1-3H3,(H,26,30)(H,27,31)(H,28,34);3H2,1-2H3. The van der Waals surface area contributed by atoms with Crippen molar-refractivity contribution in [1.29, 1.82) is 0 Å². The van der Waals surface area contributed by atoms with Crippen LogP contribution < -0.4 is 16.0 Å². The van der Waals surface area contributed by atoms with Crippen LogP contribution in [-0.2, 0) is 30.4 Å². The van der Waals surface area contributed by atoms with E-state index >= 15 is 0 Å². The number of carbonyl (C=O) groups is 5. The molecule has 0 aromatic heterocycles. The molecule has 1 aromatic rings. The summed E-state index contributed by atoms with van der Waals surface area (Å²) in [6, 6.07) is 6.85. The molecular weight excluding hydrogens is 472 g/mol. The second-order valence-electron chi connectivity index (χ2n) is 9.53. The number of unbranched alkanes of at least 4 members (excludes halogenated alkanes) is 2. The van der Waals surface area contributed by atoms with Gasteiger partial charge in [0.25, 0.3) is 11.8 Å². The molecule has 1 aliphatic rings. The quantitative estimate of drug-likeness (QED) is 0.275. The molecule has 1 aliphatic heterocycles. The summed E-state index contributed by atoms with van der Waals surface area (Å²) in [5.74, 6) is -1.15. The van der Waals surface area contributed by atoms with Crippen molar-refractivity contribution in [3.63, 3.8) is 0 Å². The first kappa shape index (κ1) is 31.5. The number of benzene rings is 1. The summed E-state index contributed by atoms with van der Waals surface area (Å²) >= 11 is 0. The second-order valence-corrected chi connectivity index (χ2v) is 9.53. The van der Waals surface area contributed by atoms with Crippen LogP contribution in [0.25, 0.3) is 0 Å². The fourth-order valence-corrected chi connectivity index (χ4v) is 3.46. The second kappa shape index (κ2) is 17.1. The topological polar surface area (TPSA) is 125 Å². The Labute approximate surface area is 220 Å². The van der Waals surface area contributed by atoms with E-state index in [1.54, 1.807) is 6.92 Å². The molecule has 0 saturated carbocycles. The third-order valence-electron chi connectivity index (χ3n) is 5.27. The van der Waals surface area contributed by atoms with Crippen molar-refractivity contribution < 1.29 is 24.0 Å². The van der Waals surface area contributed by atoms with E-state index in [-0.39, 0.29) is 36.6 Å². The lowest BCUT2D eigenvalue weighted by Gasteiger charge is -2.15. The van der Waals surface area contributed by atoms with Crippen LogP contribution in [0.15, 0.2) is 36.4 Å². The summed E-state index contributed by atoms with van der Waals surface area (Å²) in [4.78, 5) is 60.4. The van der Waals surface area contributed by atoms with Gasteiger partial charge < -0.3 is 16.0 Å². The van der Waals surface area contributed by atoms with Gasteiger partial charge in [-0.3, -0.25) is 28.9 Å². The zero-order valence-electron chi connectivity index (χ0n) is 22.8. The van der Waals surface area contributed by atoms with Crippen molar-refractivity contribution in [2.45, 2.75) is 79.2 Å². The normalized spacial score (nSPS) is 13.2. The Balaban J connectivity index is 0.00000217. The van der Waals surface area contributed by atoms with Gasteiger partial charge in [0.15, 0.2) is 0 Å². The van der Waals surface area contributed by atoms with Gasteiger partial charge in [0.05, 0.1) is 6.54 Å². The van der Waals surface area contributed by atoms with Crippen molar-refractivity contribution in [3.05, 3.63) is 42.0 Å². The molecule has 0 aliphatic carbocycles. The number of nitrogens with one attached hydrogen (secondary N) is 3. The van der Waals surface area contributed by atoms with Gasteiger partial charge in [-0.1, -0.05) is 52.7 Å². The first-order chi connectivity index (χ1) is 17.6. The molecule has 204 valence electrons. The lowest BCUT2D eigenvalue weighted by molar-refractivity contribution is -0.137. The Kier molecular flexibility index (Phi) is 14.5. The maximum Gasteiger partial charge on any atom is 0.253 e. The molecule has 1 heterocycles. The van der Waals surface area contributed by atoms with Gasteiger partial charge in [-0.25, -0.2) is 0 Å². The van der Waals surface area contributed by atoms with Gasteiger partial charge in [0, 0.05) is 30.8 Å². The fraction of sp³-hybridized carbons (Fsp3) is 0.536. The molecular formula is C28H42N4O5. The third-order valence-corrected chi connectivity index (χ3v) is 5.27. The monoisotopic (exact) mass is 514 g/mol. The van der Waals surface area contributed by atoms with E-state index in [9.17, 15) is 24.0 Å². The summed E-state index contributed by atoms with van der Waals surface area (Å²) in [7, 11) is 0. The number of anilines is 1. The lowest BCUT2D eigenvalue weighted by atomic mass is 10.0. The molecule has 37 heavy (non-hydrogen) atoms. The Hall–Kier alpha value is -3.49. The van der Waals surface area contributed by atoms with E-state index < -0.39 is 11.9 Å². The molecule has 0 spiro atoms. The number of nitrogens with zero attached hydrogens (tertiary/aromatic N) is 1. The summed E-state index contributed by atoms with van der Waals surface area (Å²) < 4.78 is 0. The number of rotatable bonds is 13. The van der Waals surface area contributed by atoms with Crippen molar-refractivity contribution in [2.24, 2.45) is 5.92 Å². The van der Waals surface area contributed by atoms with Crippen LogP contribution in [0, 0.1) is 5.92 Å². The molecule has 0 bridgehead atoms. The van der Waals surface area contributed by atoms with Crippen molar-refractivity contribution in [2.75, 3.05) is 18.4 Å². The molecule has 0 fully saturated rings. The van der Waals surface area contributed by atoms with Gasteiger partial charge in [-0.15, -0.1) is 0 Å². The molecule has 5 amide bonds. The van der Waals surface area contributed by atoms with Crippen LogP contribution in [0.3, 0.4) is 0 Å². The number of hydrogen-bond donors (Lipinski definition) is 3. The Morgan fingerprint density at radius 3 is 2.03 bits per heavy atom. The molecule has 1 aromatic carbocycles. The minimum atomic E-state index is -0.759. The molecule has 2 rings (SSSR count). The minimum absolute atomic E-state index is 0.219. The van der Waals surface area contributed by atoms with Gasteiger partial charge in [-0.05, 0) is 49.8 Å². The Morgan fingerprint density at radius 1 is 0.865 bits per heavy atom. The maximum absolute atomic E-state index is 12.3. The molecule has 9 nitrogen and oxygen atoms in total. The zero-order valence-corrected chi connectivity index (χ0v) is 22.8. The minimum Gasteiger partial charge on any atom is -0.347 e. The number of hydrogen-bond acceptors (Lipinski definition) is 5. The molecule has 9 heteroatoms. The molecule has 0 radical (unpaired) electrons. The molecule has 0 saturated heterocycles. The number of imide groups is 1. The van der Waals surface area contributed by atoms with E-state index in [1.807, 2.05) is 24.3 Å². The van der Waals surface area contributed by atoms with Crippen LogP contribution >= 0.6 is 0 Å². The van der Waals surface area contributed by atoms with E-state index in [1.165, 1.54) is 29.0 Å². The largest absolute Gasteiger partial charge is 0.347 e. The maximum atomic E-state index is 12.3. The number of carbonyl (C=O) groups excluding carboxylic acids is 5. The first-order valence-electron chi connectivity index (χ1n) is 13.1. The average Bonchev–Trinajstić information content (AvgIpc) is 3.16. The molecule has 1 atom stereocenters. The highest BCUT2D eigenvalue weighted by Crippen LogP contribution is 2.13. The SMILES string of the molecule is CC(C)Cc1ccc(NC(=O)C(C)NC(=O)CNC(=O)CCCCCN2C(=O)C=CC2=O)cc1.CCC. The van der Waals surface area contributed by atoms with Gasteiger partial charge in [-0.2, -0.15) is 0 Å². The van der Waals surface area contributed by atoms with Gasteiger partial charge >= 0.3 is 0 Å². The van der Waals surface area contributed by atoms with Crippen molar-refractivity contribution in [3.8, 4) is 0 Å². The average molecular weight is 515 g/mol. The summed E-state index contributed by atoms with van der Waals surface area (Å²) in [5, 5.41) is 7.87. The molecule has 1 unspecified atom stereocenters. The smallest absolute Gasteiger partial charge is 0.253 e. The summed E-state index contributed by atoms with van der Waals surface area (Å²) in [6.45, 7) is 10.2. The van der Waals surface area contributed by atoms with Crippen LogP contribution in [0.1, 0.15) is 72.3 Å². The van der Waals surface area contributed by atoms with Crippen LogP contribution in [0.2, 0.25) is 0 Å². The van der Waals surface area contributed by atoms with E-state index in [0.717, 1.165) is 6.42 Å². The van der Waals surface area contributed by atoms with Crippen LogP contribution in [0.4, 0.5) is 5.69 Å². The fourth-order valence-electron chi connectivity index (χ4n) is 3.46. The predicted molar refractivity (Wildman–Crippen MR) is 145 cm³/mol. The summed E-state index contributed by atoms with van der Waals surface area (Å²) in [6.07, 6.45) is 6.80. The highest BCUT2D eigenvalue weighted by molar-refractivity contribution is 6.12. The Morgan fingerprint density at radius 2 is 1.46 bits per heavy atom. The van der Waals surface area contributed by atoms with E-state index in [0.29, 0.717) is 37.4 Å².